The molecule has 0 spiro atoms. The molecule has 6 nitrogen and oxygen atoms in total. The van der Waals surface area contributed by atoms with Crippen molar-refractivity contribution >= 4 is 39.9 Å². The van der Waals surface area contributed by atoms with E-state index < -0.39 is 24.4 Å². The van der Waals surface area contributed by atoms with E-state index in [1.165, 1.54) is 0 Å². The van der Waals surface area contributed by atoms with Crippen LogP contribution in [0.2, 0.25) is 0 Å². The first-order chi connectivity index (χ1) is 14.9. The number of amides is 2. The summed E-state index contributed by atoms with van der Waals surface area (Å²) in [7, 11) is 0. The van der Waals surface area contributed by atoms with E-state index in [1.54, 1.807) is 11.0 Å². The second-order valence-corrected chi connectivity index (χ2v) is 7.88. The van der Waals surface area contributed by atoms with Crippen LogP contribution in [-0.2, 0) is 19.1 Å². The summed E-state index contributed by atoms with van der Waals surface area (Å²) in [4.78, 5) is 39.0. The predicted octanol–water partition coefficient (Wildman–Crippen LogP) is 3.99. The summed E-state index contributed by atoms with van der Waals surface area (Å²) >= 11 is 0. The van der Waals surface area contributed by atoms with Crippen LogP contribution in [0.25, 0.3) is 10.8 Å². The van der Waals surface area contributed by atoms with Crippen LogP contribution < -0.4 is 10.2 Å². The number of carbonyl (C=O) groups excluding carboxylic acids is 3. The van der Waals surface area contributed by atoms with Crippen molar-refractivity contribution in [1.29, 1.82) is 0 Å². The minimum atomic E-state index is -0.585. The van der Waals surface area contributed by atoms with Crippen molar-refractivity contribution in [2.24, 2.45) is 5.92 Å². The van der Waals surface area contributed by atoms with Gasteiger partial charge in [0.2, 0.25) is 5.91 Å². The number of esters is 1. The maximum Gasteiger partial charge on any atom is 0.311 e. The van der Waals surface area contributed by atoms with E-state index in [9.17, 15) is 14.4 Å². The normalized spacial score (nSPS) is 15.9. The van der Waals surface area contributed by atoms with E-state index in [0.29, 0.717) is 5.69 Å². The number of aryl methyl sites for hydroxylation is 2. The lowest BCUT2D eigenvalue weighted by Crippen LogP contribution is -2.28. The van der Waals surface area contributed by atoms with Gasteiger partial charge in [0.25, 0.3) is 5.91 Å². The second kappa shape index (κ2) is 8.60. The fraction of sp³-hybridized carbons (Fsp3) is 0.240. The van der Waals surface area contributed by atoms with E-state index in [-0.39, 0.29) is 18.9 Å². The summed E-state index contributed by atoms with van der Waals surface area (Å²) in [6.45, 7) is 3.76. The van der Waals surface area contributed by atoms with Crippen molar-refractivity contribution in [1.82, 2.24) is 0 Å². The Labute approximate surface area is 180 Å². The van der Waals surface area contributed by atoms with Gasteiger partial charge in [0.15, 0.2) is 6.61 Å². The molecule has 1 atom stereocenters. The molecule has 6 heteroatoms. The van der Waals surface area contributed by atoms with Gasteiger partial charge < -0.3 is 15.0 Å². The van der Waals surface area contributed by atoms with Crippen molar-refractivity contribution in [3.63, 3.8) is 0 Å². The molecule has 0 aliphatic carbocycles. The zero-order valence-electron chi connectivity index (χ0n) is 17.6. The molecule has 2 amide bonds. The van der Waals surface area contributed by atoms with Crippen molar-refractivity contribution in [2.45, 2.75) is 20.3 Å². The molecule has 1 saturated heterocycles. The zero-order chi connectivity index (χ0) is 22.0. The number of benzene rings is 3. The van der Waals surface area contributed by atoms with Gasteiger partial charge in [0.1, 0.15) is 0 Å². The van der Waals surface area contributed by atoms with Crippen LogP contribution in [0.4, 0.5) is 11.4 Å². The number of hydrogen-bond donors (Lipinski definition) is 1. The molecule has 1 fully saturated rings. The summed E-state index contributed by atoms with van der Waals surface area (Å²) in [6, 6.07) is 19.2. The summed E-state index contributed by atoms with van der Waals surface area (Å²) in [6.07, 6.45) is 0.0805. The molecule has 0 aromatic heterocycles. The SMILES string of the molecule is Cc1ccc(C)c(N2C[C@@H](C(=O)OCC(=O)Nc3cccc4ccccc34)CC2=O)c1. The Morgan fingerprint density at radius 3 is 2.68 bits per heavy atom. The topological polar surface area (TPSA) is 75.7 Å². The maximum absolute atomic E-state index is 12.5. The molecular formula is C25H24N2O4. The van der Waals surface area contributed by atoms with Crippen LogP contribution >= 0.6 is 0 Å². The van der Waals surface area contributed by atoms with Crippen LogP contribution in [0.15, 0.2) is 60.7 Å². The molecule has 1 heterocycles. The number of fused-ring (bicyclic) bond motifs is 1. The van der Waals surface area contributed by atoms with Crippen LogP contribution in [0, 0.1) is 19.8 Å². The van der Waals surface area contributed by atoms with Crippen molar-refractivity contribution in [3.8, 4) is 0 Å². The molecule has 1 aliphatic heterocycles. The molecule has 158 valence electrons. The van der Waals surface area contributed by atoms with E-state index in [4.69, 9.17) is 4.74 Å². The Balaban J connectivity index is 1.36. The Hall–Kier alpha value is -3.67. The summed E-state index contributed by atoms with van der Waals surface area (Å²) in [5, 5.41) is 4.71. The number of rotatable bonds is 5. The zero-order valence-corrected chi connectivity index (χ0v) is 17.6. The maximum atomic E-state index is 12.5. The Bertz CT molecular complexity index is 1170. The van der Waals surface area contributed by atoms with Crippen molar-refractivity contribution in [2.75, 3.05) is 23.4 Å². The van der Waals surface area contributed by atoms with Crippen LogP contribution in [0.1, 0.15) is 17.5 Å². The highest BCUT2D eigenvalue weighted by Crippen LogP contribution is 2.29. The van der Waals surface area contributed by atoms with Gasteiger partial charge in [-0.05, 0) is 42.5 Å². The van der Waals surface area contributed by atoms with Crippen LogP contribution in [0.5, 0.6) is 0 Å². The quantitative estimate of drug-likeness (QED) is 0.638. The molecular weight excluding hydrogens is 392 g/mol. The fourth-order valence-corrected chi connectivity index (χ4v) is 3.88. The number of nitrogens with zero attached hydrogens (tertiary/aromatic N) is 1. The molecule has 0 radical (unpaired) electrons. The van der Waals surface area contributed by atoms with E-state index in [0.717, 1.165) is 27.6 Å². The number of hydrogen-bond acceptors (Lipinski definition) is 4. The van der Waals surface area contributed by atoms with Crippen molar-refractivity contribution < 1.29 is 19.1 Å². The summed E-state index contributed by atoms with van der Waals surface area (Å²) < 4.78 is 5.23. The largest absolute Gasteiger partial charge is 0.455 e. The number of carbonyl (C=O) groups is 3. The highest BCUT2D eigenvalue weighted by molar-refractivity contribution is 6.03. The van der Waals surface area contributed by atoms with Gasteiger partial charge in [0, 0.05) is 29.7 Å². The molecule has 31 heavy (non-hydrogen) atoms. The minimum Gasteiger partial charge on any atom is -0.455 e. The molecule has 0 unspecified atom stereocenters. The lowest BCUT2D eigenvalue weighted by Gasteiger charge is -2.19. The predicted molar refractivity (Wildman–Crippen MR) is 120 cm³/mol. The van der Waals surface area contributed by atoms with Gasteiger partial charge in [-0.2, -0.15) is 0 Å². The second-order valence-electron chi connectivity index (χ2n) is 7.88. The Morgan fingerprint density at radius 2 is 1.84 bits per heavy atom. The van der Waals surface area contributed by atoms with Gasteiger partial charge >= 0.3 is 5.97 Å². The van der Waals surface area contributed by atoms with E-state index >= 15 is 0 Å². The van der Waals surface area contributed by atoms with Crippen molar-refractivity contribution in [3.05, 3.63) is 71.8 Å². The van der Waals surface area contributed by atoms with Gasteiger partial charge in [-0.1, -0.05) is 48.5 Å². The Kier molecular flexibility index (Phi) is 5.71. The highest BCUT2D eigenvalue weighted by Gasteiger charge is 2.36. The molecule has 4 rings (SSSR count). The first-order valence-electron chi connectivity index (χ1n) is 10.2. The van der Waals surface area contributed by atoms with Gasteiger partial charge in [-0.3, -0.25) is 14.4 Å². The standard InChI is InChI=1S/C25H24N2O4/c1-16-10-11-17(2)22(12-16)27-14-19(13-24(27)29)25(30)31-15-23(28)26-21-9-5-7-18-6-3-4-8-20(18)21/h3-12,19H,13-15H2,1-2H3,(H,26,28)/t19-/m0/s1. The third-order valence-corrected chi connectivity index (χ3v) is 5.52. The van der Waals surface area contributed by atoms with Gasteiger partial charge in [0.05, 0.1) is 5.92 Å². The average Bonchev–Trinajstić information content (AvgIpc) is 3.15. The molecule has 3 aromatic rings. The van der Waals surface area contributed by atoms with Gasteiger partial charge in [-0.15, -0.1) is 0 Å². The monoisotopic (exact) mass is 416 g/mol. The number of nitrogens with one attached hydrogen (secondary N) is 1. The van der Waals surface area contributed by atoms with E-state index in [2.05, 4.69) is 5.32 Å². The first-order valence-corrected chi connectivity index (χ1v) is 10.2. The fourth-order valence-electron chi connectivity index (χ4n) is 3.88. The molecule has 0 bridgehead atoms. The molecule has 1 aliphatic rings. The summed E-state index contributed by atoms with van der Waals surface area (Å²) in [5.41, 5.74) is 3.50. The van der Waals surface area contributed by atoms with Gasteiger partial charge in [-0.25, -0.2) is 0 Å². The molecule has 1 N–H and O–H groups in total. The number of anilines is 2. The molecule has 3 aromatic carbocycles. The summed E-state index contributed by atoms with van der Waals surface area (Å²) in [5.74, 6) is -1.65. The molecule has 0 saturated carbocycles. The lowest BCUT2D eigenvalue weighted by molar-refractivity contribution is -0.151. The minimum absolute atomic E-state index is 0.0805. The highest BCUT2D eigenvalue weighted by atomic mass is 16.5. The average molecular weight is 416 g/mol. The lowest BCUT2D eigenvalue weighted by atomic mass is 10.1. The smallest absolute Gasteiger partial charge is 0.311 e. The first kappa shape index (κ1) is 20.6. The third kappa shape index (κ3) is 4.43. The van der Waals surface area contributed by atoms with Crippen LogP contribution in [0.3, 0.4) is 0 Å². The third-order valence-electron chi connectivity index (χ3n) is 5.52. The Morgan fingerprint density at radius 1 is 1.06 bits per heavy atom. The number of ether oxygens (including phenoxy) is 1. The van der Waals surface area contributed by atoms with Crippen LogP contribution in [-0.4, -0.2) is 30.9 Å². The van der Waals surface area contributed by atoms with E-state index in [1.807, 2.05) is 68.4 Å².